The summed E-state index contributed by atoms with van der Waals surface area (Å²) in [6, 6.07) is 4.10. The quantitative estimate of drug-likeness (QED) is 0.878. The predicted octanol–water partition coefficient (Wildman–Crippen LogP) is 1.58. The summed E-state index contributed by atoms with van der Waals surface area (Å²) in [4.78, 5) is 19.2. The molecule has 0 atom stereocenters. The maximum atomic E-state index is 12.8. The first-order valence-electron chi connectivity index (χ1n) is 7.20. The molecular formula is C15H15N3O4S2. The average molecular weight is 365 g/mol. The summed E-state index contributed by atoms with van der Waals surface area (Å²) in [5, 5.41) is 9.31. The first-order valence-corrected chi connectivity index (χ1v) is 9.79. The van der Waals surface area contributed by atoms with Crippen molar-refractivity contribution in [2.75, 3.05) is 24.6 Å². The molecule has 1 fully saturated rings. The molecule has 126 valence electrons. The highest BCUT2D eigenvalue weighted by molar-refractivity contribution is 7.99. The van der Waals surface area contributed by atoms with Gasteiger partial charge in [0.2, 0.25) is 10.0 Å². The lowest BCUT2D eigenvalue weighted by molar-refractivity contribution is 0.0696. The largest absolute Gasteiger partial charge is 0.478 e. The van der Waals surface area contributed by atoms with E-state index in [-0.39, 0.29) is 10.5 Å². The number of thioether (sulfide) groups is 1. The molecule has 9 heteroatoms. The number of sulfonamides is 1. The number of aromatic carboxylic acids is 1. The Morgan fingerprint density at radius 2 is 1.75 bits per heavy atom. The number of carboxylic acid groups (broad SMARTS) is 1. The van der Waals surface area contributed by atoms with Gasteiger partial charge in [0.25, 0.3) is 0 Å². The molecule has 1 saturated heterocycles. The second kappa shape index (κ2) is 6.88. The molecule has 1 aliphatic heterocycles. The van der Waals surface area contributed by atoms with Crippen molar-refractivity contribution in [3.8, 4) is 11.1 Å². The summed E-state index contributed by atoms with van der Waals surface area (Å²) >= 11 is 1.70. The van der Waals surface area contributed by atoms with Gasteiger partial charge in [-0.2, -0.15) is 16.1 Å². The molecular weight excluding hydrogens is 350 g/mol. The third-order valence-electron chi connectivity index (χ3n) is 3.66. The Balaban J connectivity index is 2.10. The Morgan fingerprint density at radius 1 is 1.08 bits per heavy atom. The summed E-state index contributed by atoms with van der Waals surface area (Å²) in [5.74, 6) is 0.286. The van der Waals surface area contributed by atoms with Gasteiger partial charge in [-0.15, -0.1) is 0 Å². The van der Waals surface area contributed by atoms with E-state index < -0.39 is 16.0 Å². The maximum Gasteiger partial charge on any atom is 0.335 e. The van der Waals surface area contributed by atoms with E-state index in [4.69, 9.17) is 0 Å². The number of hydrogen-bond donors (Lipinski definition) is 1. The van der Waals surface area contributed by atoms with Crippen molar-refractivity contribution in [1.82, 2.24) is 14.3 Å². The molecule has 0 amide bonds. The number of aromatic nitrogens is 2. The van der Waals surface area contributed by atoms with Gasteiger partial charge in [-0.3, -0.25) is 0 Å². The van der Waals surface area contributed by atoms with Crippen LogP contribution in [0.4, 0.5) is 0 Å². The highest BCUT2D eigenvalue weighted by Gasteiger charge is 2.27. The highest BCUT2D eigenvalue weighted by atomic mass is 32.2. The minimum atomic E-state index is -3.73. The van der Waals surface area contributed by atoms with Crippen LogP contribution in [0.5, 0.6) is 0 Å². The van der Waals surface area contributed by atoms with Crippen molar-refractivity contribution in [2.45, 2.75) is 4.90 Å². The molecule has 0 aliphatic carbocycles. The number of carbonyl (C=O) groups is 1. The monoisotopic (exact) mass is 365 g/mol. The van der Waals surface area contributed by atoms with E-state index in [1.165, 1.54) is 41.2 Å². The third-order valence-corrected chi connectivity index (χ3v) is 6.47. The zero-order valence-electron chi connectivity index (χ0n) is 12.6. The minimum Gasteiger partial charge on any atom is -0.478 e. The van der Waals surface area contributed by atoms with E-state index in [0.29, 0.717) is 24.2 Å². The summed E-state index contributed by atoms with van der Waals surface area (Å²) in [7, 11) is -3.73. The normalized spacial score (nSPS) is 16.0. The van der Waals surface area contributed by atoms with Crippen LogP contribution in [0.3, 0.4) is 0 Å². The van der Waals surface area contributed by atoms with E-state index in [1.54, 1.807) is 11.8 Å². The number of nitrogens with zero attached hydrogens (tertiary/aromatic N) is 3. The van der Waals surface area contributed by atoms with Crippen molar-refractivity contribution in [1.29, 1.82) is 0 Å². The van der Waals surface area contributed by atoms with Crippen molar-refractivity contribution in [3.05, 3.63) is 42.5 Å². The molecule has 24 heavy (non-hydrogen) atoms. The van der Waals surface area contributed by atoms with Gasteiger partial charge in [0.05, 0.1) is 10.5 Å². The SMILES string of the molecule is O=C(O)c1cc(-c2cncnc2)cc(S(=O)(=O)N2CCSCC2)c1. The molecule has 1 aromatic carbocycles. The summed E-state index contributed by atoms with van der Waals surface area (Å²) in [6.45, 7) is 0.849. The fourth-order valence-electron chi connectivity index (χ4n) is 2.42. The lowest BCUT2D eigenvalue weighted by atomic mass is 10.1. The molecule has 0 unspecified atom stereocenters. The van der Waals surface area contributed by atoms with Gasteiger partial charge < -0.3 is 5.11 Å². The standard InChI is InChI=1S/C15H15N3O4S2/c19-15(20)12-5-11(13-8-16-10-17-9-13)6-14(7-12)24(21,22)18-1-3-23-4-2-18/h5-10H,1-4H2,(H,19,20). The van der Waals surface area contributed by atoms with Gasteiger partial charge in [0.1, 0.15) is 6.33 Å². The zero-order chi connectivity index (χ0) is 17.2. The van der Waals surface area contributed by atoms with Crippen LogP contribution < -0.4 is 0 Å². The molecule has 0 saturated carbocycles. The van der Waals surface area contributed by atoms with Gasteiger partial charge in [0.15, 0.2) is 0 Å². The van der Waals surface area contributed by atoms with Crippen LogP contribution in [0.15, 0.2) is 41.8 Å². The molecule has 0 radical (unpaired) electrons. The van der Waals surface area contributed by atoms with E-state index >= 15 is 0 Å². The van der Waals surface area contributed by atoms with E-state index in [1.807, 2.05) is 0 Å². The number of rotatable bonds is 4. The lowest BCUT2D eigenvalue weighted by Crippen LogP contribution is -2.37. The van der Waals surface area contributed by atoms with Crippen LogP contribution in [0.1, 0.15) is 10.4 Å². The molecule has 2 aromatic rings. The van der Waals surface area contributed by atoms with Crippen molar-refractivity contribution < 1.29 is 18.3 Å². The van der Waals surface area contributed by atoms with Crippen molar-refractivity contribution in [3.63, 3.8) is 0 Å². The van der Waals surface area contributed by atoms with Gasteiger partial charge in [-0.05, 0) is 23.8 Å². The van der Waals surface area contributed by atoms with E-state index in [0.717, 1.165) is 11.5 Å². The second-order valence-corrected chi connectivity index (χ2v) is 8.36. The first kappa shape index (κ1) is 16.9. The predicted molar refractivity (Wildman–Crippen MR) is 90.5 cm³/mol. The van der Waals surface area contributed by atoms with Gasteiger partial charge in [0, 0.05) is 42.6 Å². The molecule has 1 N–H and O–H groups in total. The topological polar surface area (TPSA) is 100 Å². The second-order valence-electron chi connectivity index (χ2n) is 5.19. The molecule has 3 rings (SSSR count). The van der Waals surface area contributed by atoms with Crippen LogP contribution in [-0.4, -0.2) is 58.4 Å². The van der Waals surface area contributed by atoms with Crippen LogP contribution in [0.25, 0.3) is 11.1 Å². The lowest BCUT2D eigenvalue weighted by Gasteiger charge is -2.26. The van der Waals surface area contributed by atoms with Gasteiger partial charge >= 0.3 is 5.97 Å². The van der Waals surface area contributed by atoms with E-state index in [2.05, 4.69) is 9.97 Å². The summed E-state index contributed by atoms with van der Waals surface area (Å²) in [5.41, 5.74) is 0.938. The zero-order valence-corrected chi connectivity index (χ0v) is 14.3. The van der Waals surface area contributed by atoms with Crippen LogP contribution >= 0.6 is 11.8 Å². The molecule has 1 aliphatic rings. The maximum absolute atomic E-state index is 12.8. The fraction of sp³-hybridized carbons (Fsp3) is 0.267. The highest BCUT2D eigenvalue weighted by Crippen LogP contribution is 2.27. The molecule has 7 nitrogen and oxygen atoms in total. The smallest absolute Gasteiger partial charge is 0.335 e. The van der Waals surface area contributed by atoms with Gasteiger partial charge in [-0.25, -0.2) is 23.2 Å². The Hall–Kier alpha value is -1.97. The van der Waals surface area contributed by atoms with Crippen LogP contribution in [0, 0.1) is 0 Å². The first-order chi connectivity index (χ1) is 11.5. The van der Waals surface area contributed by atoms with Crippen molar-refractivity contribution >= 4 is 27.8 Å². The number of carboxylic acids is 1. The Kier molecular flexibility index (Phi) is 4.83. The number of benzene rings is 1. The summed E-state index contributed by atoms with van der Waals surface area (Å²) in [6.07, 6.45) is 4.39. The van der Waals surface area contributed by atoms with Crippen LogP contribution in [-0.2, 0) is 10.0 Å². The molecule has 0 bridgehead atoms. The number of hydrogen-bond acceptors (Lipinski definition) is 6. The molecule has 2 heterocycles. The fourth-order valence-corrected chi connectivity index (χ4v) is 5.07. The average Bonchev–Trinajstić information content (AvgIpc) is 2.62. The Morgan fingerprint density at radius 3 is 2.38 bits per heavy atom. The van der Waals surface area contributed by atoms with E-state index in [9.17, 15) is 18.3 Å². The Bertz CT molecular complexity index is 850. The van der Waals surface area contributed by atoms with Crippen LogP contribution in [0.2, 0.25) is 0 Å². The van der Waals surface area contributed by atoms with Crippen molar-refractivity contribution in [2.24, 2.45) is 0 Å². The molecule has 0 spiro atoms. The Labute approximate surface area is 143 Å². The molecule has 1 aromatic heterocycles. The van der Waals surface area contributed by atoms with Gasteiger partial charge in [-0.1, -0.05) is 0 Å². The summed E-state index contributed by atoms with van der Waals surface area (Å²) < 4.78 is 27.1. The minimum absolute atomic E-state index is 0.0202. The third kappa shape index (κ3) is 3.42.